The van der Waals surface area contributed by atoms with Gasteiger partial charge in [0.05, 0.1) is 13.2 Å². The second-order valence-electron chi connectivity index (χ2n) is 4.36. The van der Waals surface area contributed by atoms with E-state index in [1.807, 2.05) is 0 Å². The van der Waals surface area contributed by atoms with Gasteiger partial charge < -0.3 is 15.2 Å². The van der Waals surface area contributed by atoms with Gasteiger partial charge in [-0.15, -0.1) is 0 Å². The molecule has 1 heterocycles. The van der Waals surface area contributed by atoms with Crippen molar-refractivity contribution in [1.82, 2.24) is 10.3 Å². The smallest absolute Gasteiger partial charge is 0.270 e. The summed E-state index contributed by atoms with van der Waals surface area (Å²) in [5.74, 6) is 0.176. The monoisotopic (exact) mass is 306 g/mol. The average Bonchev–Trinajstić information content (AvgIpc) is 2.53. The Kier molecular flexibility index (Phi) is 5.14. The topological polar surface area (TPSA) is 71.5 Å². The molecular weight excluding hydrogens is 292 g/mol. The number of hydrogen-bond acceptors (Lipinski definition) is 4. The van der Waals surface area contributed by atoms with E-state index >= 15 is 0 Å². The molecule has 5 nitrogen and oxygen atoms in total. The molecule has 0 bridgehead atoms. The van der Waals surface area contributed by atoms with Crippen LogP contribution in [0.4, 0.5) is 0 Å². The normalized spacial score (nSPS) is 11.8. The number of halogens is 1. The van der Waals surface area contributed by atoms with Gasteiger partial charge in [0, 0.05) is 23.8 Å². The quantitative estimate of drug-likeness (QED) is 0.888. The molecule has 2 rings (SSSR count). The van der Waals surface area contributed by atoms with Crippen molar-refractivity contribution in [3.8, 4) is 5.75 Å². The van der Waals surface area contributed by atoms with Crippen LogP contribution in [-0.2, 0) is 0 Å². The molecule has 0 aliphatic rings. The molecule has 1 atom stereocenters. The van der Waals surface area contributed by atoms with Crippen molar-refractivity contribution in [1.29, 1.82) is 0 Å². The van der Waals surface area contributed by atoms with E-state index in [9.17, 15) is 9.90 Å². The molecule has 2 N–H and O–H groups in total. The number of nitrogens with one attached hydrogen (secondary N) is 1. The molecule has 2 aromatic rings. The van der Waals surface area contributed by atoms with Crippen molar-refractivity contribution < 1.29 is 14.6 Å². The van der Waals surface area contributed by atoms with Crippen LogP contribution in [0.15, 0.2) is 42.6 Å². The Labute approximate surface area is 127 Å². The van der Waals surface area contributed by atoms with Crippen LogP contribution in [0, 0.1) is 0 Å². The molecule has 1 amide bonds. The van der Waals surface area contributed by atoms with Gasteiger partial charge in [0.1, 0.15) is 11.4 Å². The number of carbonyl (C=O) groups is 1. The first-order valence-electron chi connectivity index (χ1n) is 6.32. The summed E-state index contributed by atoms with van der Waals surface area (Å²) in [5, 5.41) is 13.2. The van der Waals surface area contributed by atoms with Gasteiger partial charge in [-0.2, -0.15) is 0 Å². The molecule has 0 aliphatic carbocycles. The maximum atomic E-state index is 11.9. The zero-order valence-electron chi connectivity index (χ0n) is 11.4. The predicted molar refractivity (Wildman–Crippen MR) is 79.5 cm³/mol. The second-order valence-corrected chi connectivity index (χ2v) is 4.79. The number of hydrogen-bond donors (Lipinski definition) is 2. The van der Waals surface area contributed by atoms with Crippen molar-refractivity contribution in [2.45, 2.75) is 6.10 Å². The van der Waals surface area contributed by atoms with Gasteiger partial charge >= 0.3 is 0 Å². The summed E-state index contributed by atoms with van der Waals surface area (Å²) < 4.78 is 5.03. The predicted octanol–water partition coefficient (Wildman–Crippen LogP) is 2.21. The first kappa shape index (κ1) is 15.3. The lowest BCUT2D eigenvalue weighted by Gasteiger charge is -2.12. The van der Waals surface area contributed by atoms with Gasteiger partial charge in [-0.3, -0.25) is 9.78 Å². The summed E-state index contributed by atoms with van der Waals surface area (Å²) in [6.45, 7) is 0.0827. The molecule has 21 heavy (non-hydrogen) atoms. The summed E-state index contributed by atoms with van der Waals surface area (Å²) in [6.07, 6.45) is 0.681. The van der Waals surface area contributed by atoms with Crippen LogP contribution >= 0.6 is 11.6 Å². The fourth-order valence-corrected chi connectivity index (χ4v) is 1.87. The fourth-order valence-electron chi connectivity index (χ4n) is 1.75. The molecule has 6 heteroatoms. The molecule has 0 saturated heterocycles. The largest absolute Gasteiger partial charge is 0.497 e. The number of aliphatic hydroxyl groups is 1. The number of ether oxygens (including phenoxy) is 1. The van der Waals surface area contributed by atoms with E-state index in [2.05, 4.69) is 10.3 Å². The maximum absolute atomic E-state index is 11.9. The van der Waals surface area contributed by atoms with Crippen LogP contribution in [0.3, 0.4) is 0 Å². The van der Waals surface area contributed by atoms with Gasteiger partial charge in [0.15, 0.2) is 0 Å². The van der Waals surface area contributed by atoms with E-state index in [1.54, 1.807) is 30.3 Å². The number of nitrogens with zero attached hydrogens (tertiary/aromatic N) is 1. The van der Waals surface area contributed by atoms with Crippen LogP contribution in [0.1, 0.15) is 22.2 Å². The lowest BCUT2D eigenvalue weighted by atomic mass is 10.1. The zero-order chi connectivity index (χ0) is 15.2. The van der Waals surface area contributed by atoms with E-state index in [4.69, 9.17) is 16.3 Å². The lowest BCUT2D eigenvalue weighted by Crippen LogP contribution is -2.29. The van der Waals surface area contributed by atoms with E-state index in [0.717, 1.165) is 0 Å². The molecule has 1 unspecified atom stereocenters. The molecule has 0 aliphatic heterocycles. The van der Waals surface area contributed by atoms with Crippen molar-refractivity contribution in [2.75, 3.05) is 13.7 Å². The molecule has 0 saturated carbocycles. The van der Waals surface area contributed by atoms with Crippen LogP contribution in [0.5, 0.6) is 5.75 Å². The Balaban J connectivity index is 1.95. The SMILES string of the molecule is COc1ccnc(C(=O)NCC(O)c2ccc(Cl)cc2)c1. The van der Waals surface area contributed by atoms with E-state index in [1.165, 1.54) is 19.4 Å². The summed E-state index contributed by atoms with van der Waals surface area (Å²) in [4.78, 5) is 15.9. The number of methoxy groups -OCH3 is 1. The van der Waals surface area contributed by atoms with Crippen LogP contribution in [0.2, 0.25) is 5.02 Å². The van der Waals surface area contributed by atoms with E-state index in [-0.39, 0.29) is 18.1 Å². The standard InChI is InChI=1S/C15H15ClN2O3/c1-21-12-6-7-17-13(8-12)15(20)18-9-14(19)10-2-4-11(16)5-3-10/h2-8,14,19H,9H2,1H3,(H,18,20). The highest BCUT2D eigenvalue weighted by molar-refractivity contribution is 6.30. The Hall–Kier alpha value is -2.11. The van der Waals surface area contributed by atoms with E-state index in [0.29, 0.717) is 16.3 Å². The Bertz CT molecular complexity index is 617. The third-order valence-electron chi connectivity index (χ3n) is 2.91. The van der Waals surface area contributed by atoms with Gasteiger partial charge in [-0.05, 0) is 23.8 Å². The van der Waals surface area contributed by atoms with Crippen molar-refractivity contribution >= 4 is 17.5 Å². The highest BCUT2D eigenvalue weighted by Gasteiger charge is 2.12. The second kappa shape index (κ2) is 7.06. The van der Waals surface area contributed by atoms with Gasteiger partial charge in [0.25, 0.3) is 5.91 Å². The number of aromatic nitrogens is 1. The minimum Gasteiger partial charge on any atom is -0.497 e. The number of carbonyl (C=O) groups excluding carboxylic acids is 1. The zero-order valence-corrected chi connectivity index (χ0v) is 12.2. The molecule has 1 aromatic carbocycles. The number of amides is 1. The van der Waals surface area contributed by atoms with Crippen molar-refractivity contribution in [2.24, 2.45) is 0 Å². The lowest BCUT2D eigenvalue weighted by molar-refractivity contribution is 0.0911. The molecule has 1 aromatic heterocycles. The highest BCUT2D eigenvalue weighted by atomic mass is 35.5. The van der Waals surface area contributed by atoms with Crippen molar-refractivity contribution in [3.63, 3.8) is 0 Å². The summed E-state index contributed by atoms with van der Waals surface area (Å²) in [6, 6.07) is 9.98. The third kappa shape index (κ3) is 4.18. The first-order valence-corrected chi connectivity index (χ1v) is 6.69. The van der Waals surface area contributed by atoms with Crippen LogP contribution < -0.4 is 10.1 Å². The summed E-state index contributed by atoms with van der Waals surface area (Å²) >= 11 is 5.78. The Morgan fingerprint density at radius 1 is 1.38 bits per heavy atom. The summed E-state index contributed by atoms with van der Waals surface area (Å²) in [5.41, 5.74) is 0.913. The maximum Gasteiger partial charge on any atom is 0.270 e. The number of benzene rings is 1. The Morgan fingerprint density at radius 2 is 2.10 bits per heavy atom. The van der Waals surface area contributed by atoms with Crippen LogP contribution in [0.25, 0.3) is 0 Å². The minimum absolute atomic E-state index is 0.0827. The molecule has 0 radical (unpaired) electrons. The molecule has 0 fully saturated rings. The number of aliphatic hydroxyl groups excluding tert-OH is 1. The van der Waals surface area contributed by atoms with E-state index < -0.39 is 6.10 Å². The third-order valence-corrected chi connectivity index (χ3v) is 3.16. The number of rotatable bonds is 5. The molecule has 0 spiro atoms. The minimum atomic E-state index is -0.808. The Morgan fingerprint density at radius 3 is 2.76 bits per heavy atom. The summed E-state index contributed by atoms with van der Waals surface area (Å²) in [7, 11) is 1.52. The van der Waals surface area contributed by atoms with Gasteiger partial charge in [-0.25, -0.2) is 0 Å². The van der Waals surface area contributed by atoms with Crippen LogP contribution in [-0.4, -0.2) is 29.7 Å². The first-order chi connectivity index (χ1) is 10.1. The fraction of sp³-hybridized carbons (Fsp3) is 0.200. The van der Waals surface area contributed by atoms with Crippen molar-refractivity contribution in [3.05, 3.63) is 58.9 Å². The van der Waals surface area contributed by atoms with Gasteiger partial charge in [-0.1, -0.05) is 23.7 Å². The number of pyridine rings is 1. The van der Waals surface area contributed by atoms with Gasteiger partial charge in [0.2, 0.25) is 0 Å². The molecular formula is C15H15ClN2O3. The average molecular weight is 307 g/mol. The highest BCUT2D eigenvalue weighted by Crippen LogP contribution is 2.16. The molecule has 110 valence electrons.